The molecule has 4 atom stereocenters. The number of benzene rings is 4. The molecule has 0 saturated heterocycles. The molecule has 4 aromatic rings. The SMILES string of the molecule is COc1cc2c(cc1OCCCOc1cc3c(cc1OC)C(=O)N1C=C(c4ccc5c(c4)OCO5)C[C@H]1C=N3)N=C[C@@H]1CC(C)=CN1C2=O.Cc1ccc(NC(=O)[C@H](C)CC(=O)C(NC(=O)CCOCCOCCOCCOCCOCCOCCOCCOCCNC(=O)CCN2C(=O)C=CC2=O)C(C)C)cc1. The van der Waals surface area contributed by atoms with Crippen molar-refractivity contribution >= 4 is 82.2 Å². The van der Waals surface area contributed by atoms with E-state index in [1.807, 2.05) is 88.8 Å². The van der Waals surface area contributed by atoms with Gasteiger partial charge < -0.3 is 92.1 Å². The number of anilines is 1. The zero-order valence-corrected chi connectivity index (χ0v) is 63.0. The first-order chi connectivity index (χ1) is 52.9. The molecule has 0 aromatic heterocycles. The van der Waals surface area contributed by atoms with E-state index in [0.717, 1.165) is 33.6 Å². The van der Waals surface area contributed by atoms with Crippen LogP contribution < -0.4 is 44.4 Å². The van der Waals surface area contributed by atoms with Crippen LogP contribution in [0.3, 0.4) is 0 Å². The van der Waals surface area contributed by atoms with Gasteiger partial charge in [-0.1, -0.05) is 50.1 Å². The lowest BCUT2D eigenvalue weighted by Crippen LogP contribution is -2.45. The second kappa shape index (κ2) is 43.3. The van der Waals surface area contributed by atoms with Crippen LogP contribution in [0.5, 0.6) is 34.5 Å². The molecule has 4 aromatic carbocycles. The number of imide groups is 1. The van der Waals surface area contributed by atoms with Crippen molar-refractivity contribution in [3.05, 3.63) is 119 Å². The van der Waals surface area contributed by atoms with E-state index >= 15 is 0 Å². The standard InChI is InChI=1S/C42H66N4O14.C37H34N4O8/c1-32(2)41(36(47)31-34(4)42(52)44-35-7-5-33(3)6-8-35)45-38(49)12-15-53-17-19-55-21-23-57-25-27-59-29-30-60-28-26-58-24-22-56-20-18-54-16-13-43-37(48)11-14-46-39(50)9-10-40(46)51;1-21-9-24-16-38-28-14-34(31(44-2)12-26(28)36(42)40(24)18-21)46-7-4-8-47-35-15-29-27(13-32(35)45-3)37(43)41-19-23(10-25(41)17-39-29)22-5-6-30-33(11-22)49-20-48-30/h5-10,32,34,41H,11-31H2,1-4H3,(H,43,48)(H,44,52)(H,45,49);5-6,11-19,24-25H,4,7-10,20H2,1-3H3/t34-,41?;24-,25-/m10/s1. The fraction of sp³-hybridized carbons (Fsp3) is 0.494. The lowest BCUT2D eigenvalue weighted by Gasteiger charge is -2.22. The molecule has 109 heavy (non-hydrogen) atoms. The van der Waals surface area contributed by atoms with Crippen molar-refractivity contribution < 1.29 is 105 Å². The molecule has 0 radical (unpaired) electrons. The number of carbonyl (C=O) groups excluding carboxylic acids is 8. The minimum Gasteiger partial charge on any atom is -0.493 e. The molecule has 0 saturated carbocycles. The summed E-state index contributed by atoms with van der Waals surface area (Å²) in [6, 6.07) is 19.1. The molecule has 3 N–H and O–H groups in total. The number of methoxy groups -OCH3 is 2. The summed E-state index contributed by atoms with van der Waals surface area (Å²) in [4.78, 5) is 114. The average molecular weight is 1510 g/mol. The van der Waals surface area contributed by atoms with Crippen molar-refractivity contribution in [2.45, 2.75) is 91.3 Å². The van der Waals surface area contributed by atoms with E-state index in [-0.39, 0.29) is 92.5 Å². The van der Waals surface area contributed by atoms with Crippen molar-refractivity contribution in [1.82, 2.24) is 25.3 Å². The minimum absolute atomic E-state index is 0.0181. The van der Waals surface area contributed by atoms with Crippen LogP contribution in [0.2, 0.25) is 0 Å². The topological polar surface area (TPSA) is 336 Å². The number of fused-ring (bicyclic) bond motifs is 5. The van der Waals surface area contributed by atoms with Gasteiger partial charge in [-0.05, 0) is 73.7 Å². The molecule has 30 nitrogen and oxygen atoms in total. The fourth-order valence-electron chi connectivity index (χ4n) is 12.0. The second-order valence-electron chi connectivity index (χ2n) is 26.4. The van der Waals surface area contributed by atoms with Crippen molar-refractivity contribution in [2.24, 2.45) is 21.8 Å². The number of ketones is 1. The van der Waals surface area contributed by atoms with E-state index in [1.54, 1.807) is 54.3 Å². The maximum atomic E-state index is 13.7. The Balaban J connectivity index is 0.000000255. The molecule has 6 aliphatic heterocycles. The number of nitrogens with zero attached hydrogens (tertiary/aromatic N) is 5. The average Bonchev–Trinajstić information content (AvgIpc) is 1.67. The van der Waals surface area contributed by atoms with Gasteiger partial charge in [0.25, 0.3) is 23.6 Å². The largest absolute Gasteiger partial charge is 0.493 e. The zero-order chi connectivity index (χ0) is 77.4. The van der Waals surface area contributed by atoms with Gasteiger partial charge in [-0.15, -0.1) is 0 Å². The van der Waals surface area contributed by atoms with Crippen LogP contribution >= 0.6 is 0 Å². The predicted molar refractivity (Wildman–Crippen MR) is 401 cm³/mol. The van der Waals surface area contributed by atoms with Gasteiger partial charge in [-0.2, -0.15) is 0 Å². The third-order valence-corrected chi connectivity index (χ3v) is 17.9. The van der Waals surface area contributed by atoms with Crippen LogP contribution in [0.15, 0.2) is 107 Å². The molecule has 1 unspecified atom stereocenters. The van der Waals surface area contributed by atoms with E-state index in [0.29, 0.717) is 194 Å². The quantitative estimate of drug-likeness (QED) is 0.0281. The Hall–Kier alpha value is -9.92. The van der Waals surface area contributed by atoms with Crippen molar-refractivity contribution in [3.8, 4) is 34.5 Å². The number of rotatable bonds is 46. The molecule has 0 spiro atoms. The first-order valence-corrected chi connectivity index (χ1v) is 36.7. The maximum Gasteiger partial charge on any atom is 0.260 e. The van der Waals surface area contributed by atoms with Crippen molar-refractivity contribution in [2.75, 3.05) is 158 Å². The Kier molecular flexibility index (Phi) is 33.0. The van der Waals surface area contributed by atoms with Crippen LogP contribution in [0.4, 0.5) is 17.1 Å². The van der Waals surface area contributed by atoms with E-state index in [9.17, 15) is 38.4 Å². The molecular weight excluding hydrogens is 1410 g/mol. The summed E-state index contributed by atoms with van der Waals surface area (Å²) in [7, 11) is 3.08. The fourth-order valence-corrected chi connectivity index (χ4v) is 12.0. The molecule has 0 aliphatic carbocycles. The normalized spacial score (nSPS) is 16.3. The number of hydrogen-bond donors (Lipinski definition) is 3. The van der Waals surface area contributed by atoms with E-state index < -0.39 is 23.8 Å². The Morgan fingerprint density at radius 2 is 1.06 bits per heavy atom. The summed E-state index contributed by atoms with van der Waals surface area (Å²) >= 11 is 0. The van der Waals surface area contributed by atoms with Gasteiger partial charge in [0.2, 0.25) is 24.5 Å². The van der Waals surface area contributed by atoms with Gasteiger partial charge in [0.15, 0.2) is 40.3 Å². The molecule has 0 bridgehead atoms. The Labute approximate surface area is 634 Å². The number of aryl methyl sites for hydroxylation is 1. The first-order valence-electron chi connectivity index (χ1n) is 36.7. The molecular formula is C79H100N8O22. The number of hydrogen-bond acceptors (Lipinski definition) is 24. The summed E-state index contributed by atoms with van der Waals surface area (Å²) in [5.74, 6) is 0.500. The molecule has 30 heteroatoms. The van der Waals surface area contributed by atoms with Crippen LogP contribution in [-0.4, -0.2) is 245 Å². The van der Waals surface area contributed by atoms with E-state index in [4.69, 9.17) is 71.3 Å². The van der Waals surface area contributed by atoms with Crippen molar-refractivity contribution in [1.29, 1.82) is 0 Å². The highest BCUT2D eigenvalue weighted by atomic mass is 16.7. The second-order valence-corrected chi connectivity index (χ2v) is 26.4. The molecule has 10 rings (SSSR count). The number of carbonyl (C=O) groups is 8. The number of nitrogens with one attached hydrogen (secondary N) is 3. The van der Waals surface area contributed by atoms with Crippen LogP contribution in [0.25, 0.3) is 5.57 Å². The zero-order valence-electron chi connectivity index (χ0n) is 63.0. The van der Waals surface area contributed by atoms with Gasteiger partial charge in [0, 0.05) is 106 Å². The number of Topliss-reactive ketones (excluding diaryl/α,β-unsaturated/α-hetero) is 1. The van der Waals surface area contributed by atoms with Gasteiger partial charge >= 0.3 is 0 Å². The number of ether oxygens (including phenoxy) is 14. The summed E-state index contributed by atoms with van der Waals surface area (Å²) in [5.41, 5.74) is 6.83. The lowest BCUT2D eigenvalue weighted by molar-refractivity contribution is -0.137. The molecule has 588 valence electrons. The summed E-state index contributed by atoms with van der Waals surface area (Å²) in [6.45, 7) is 16.7. The Morgan fingerprint density at radius 3 is 1.59 bits per heavy atom. The van der Waals surface area contributed by atoms with Gasteiger partial charge in [-0.25, -0.2) is 0 Å². The third-order valence-electron chi connectivity index (χ3n) is 17.9. The van der Waals surface area contributed by atoms with E-state index in [1.165, 1.54) is 19.3 Å². The monoisotopic (exact) mass is 1510 g/mol. The highest BCUT2D eigenvalue weighted by molar-refractivity contribution is 6.13. The van der Waals surface area contributed by atoms with Crippen LogP contribution in [-0.2, 0) is 66.7 Å². The lowest BCUT2D eigenvalue weighted by atomic mass is 9.92. The highest BCUT2D eigenvalue weighted by Gasteiger charge is 2.36. The summed E-state index contributed by atoms with van der Waals surface area (Å²) in [6.07, 6.45) is 11.8. The van der Waals surface area contributed by atoms with Gasteiger partial charge in [-0.3, -0.25) is 53.2 Å². The Morgan fingerprint density at radius 1 is 0.550 bits per heavy atom. The maximum absolute atomic E-state index is 13.7. The molecule has 7 amide bonds. The summed E-state index contributed by atoms with van der Waals surface area (Å²) < 4.78 is 78.1. The van der Waals surface area contributed by atoms with Crippen LogP contribution in [0.1, 0.15) is 98.1 Å². The molecule has 6 aliphatic rings. The van der Waals surface area contributed by atoms with E-state index in [2.05, 4.69) is 20.9 Å². The van der Waals surface area contributed by atoms with Gasteiger partial charge in [0.1, 0.15) is 0 Å². The Bertz CT molecular complexity index is 3920. The van der Waals surface area contributed by atoms with Gasteiger partial charge in [0.05, 0.1) is 174 Å². The molecule has 0 fully saturated rings. The smallest absolute Gasteiger partial charge is 0.260 e. The predicted octanol–water partition coefficient (Wildman–Crippen LogP) is 7.71. The third kappa shape index (κ3) is 25.3. The minimum atomic E-state index is -0.692. The molecule has 6 heterocycles. The summed E-state index contributed by atoms with van der Waals surface area (Å²) in [5, 5.41) is 8.31. The van der Waals surface area contributed by atoms with Crippen LogP contribution in [0, 0.1) is 18.8 Å². The number of amides is 7. The number of aliphatic imine (C=N–C) groups is 2. The first kappa shape index (κ1) is 83.1. The van der Waals surface area contributed by atoms with Crippen molar-refractivity contribution in [3.63, 3.8) is 0 Å². The highest BCUT2D eigenvalue weighted by Crippen LogP contribution is 2.43.